The van der Waals surface area contributed by atoms with E-state index < -0.39 is 0 Å². The van der Waals surface area contributed by atoms with E-state index in [1.165, 1.54) is 12.1 Å². The molecular formula is C26H34FN7O. The number of tetrazole rings is 1. The Labute approximate surface area is 205 Å². The summed E-state index contributed by atoms with van der Waals surface area (Å²) in [5.74, 6) is 1.21. The number of piperidine rings is 1. The summed E-state index contributed by atoms with van der Waals surface area (Å²) >= 11 is 0. The van der Waals surface area contributed by atoms with Gasteiger partial charge in [-0.1, -0.05) is 26.0 Å². The van der Waals surface area contributed by atoms with E-state index in [-0.39, 0.29) is 17.9 Å². The average molecular weight is 480 g/mol. The van der Waals surface area contributed by atoms with Crippen LogP contribution in [0.15, 0.2) is 42.5 Å². The van der Waals surface area contributed by atoms with Crippen molar-refractivity contribution in [1.82, 2.24) is 30.8 Å². The quantitative estimate of drug-likeness (QED) is 0.455. The van der Waals surface area contributed by atoms with Crippen LogP contribution in [0, 0.1) is 17.7 Å². The molecule has 0 saturated carbocycles. The molecule has 3 N–H and O–H groups in total. The van der Waals surface area contributed by atoms with E-state index in [2.05, 4.69) is 45.3 Å². The third-order valence-corrected chi connectivity index (χ3v) is 6.92. The second-order valence-corrected chi connectivity index (χ2v) is 9.40. The molecule has 0 bridgehead atoms. The van der Waals surface area contributed by atoms with Crippen LogP contribution in [-0.2, 0) is 19.9 Å². The minimum atomic E-state index is -0.237. The van der Waals surface area contributed by atoms with E-state index >= 15 is 0 Å². The van der Waals surface area contributed by atoms with Crippen LogP contribution in [0.1, 0.15) is 37.8 Å². The Morgan fingerprint density at radius 3 is 2.71 bits per heavy atom. The molecule has 3 atom stereocenters. The van der Waals surface area contributed by atoms with Crippen molar-refractivity contribution in [3.63, 3.8) is 0 Å². The summed E-state index contributed by atoms with van der Waals surface area (Å²) in [5.41, 5.74) is 3.70. The van der Waals surface area contributed by atoms with Crippen LogP contribution >= 0.6 is 0 Å². The SMILES string of the molecule is CCc1cc(NC(=O)NC(CCc2ccc(F)cc2)C2CNCCC2C)cc(-c2nnnn2C)c1. The number of anilines is 1. The van der Waals surface area contributed by atoms with Gasteiger partial charge >= 0.3 is 6.03 Å². The summed E-state index contributed by atoms with van der Waals surface area (Å²) in [6.07, 6.45) is 3.44. The number of hydrogen-bond donors (Lipinski definition) is 3. The van der Waals surface area contributed by atoms with Crippen molar-refractivity contribution in [2.45, 2.75) is 45.6 Å². The molecule has 2 heterocycles. The standard InChI is InChI=1S/C26H34FN7O/c1-4-18-13-20(25-31-32-33-34(25)3)15-22(14-18)29-26(35)30-24(23-16-28-12-11-17(23)2)10-7-19-5-8-21(27)9-6-19/h5-6,8-9,13-15,17,23-24,28H,4,7,10-12,16H2,1-3H3,(H2,29,30,35). The lowest BCUT2D eigenvalue weighted by atomic mass is 9.80. The third-order valence-electron chi connectivity index (χ3n) is 6.92. The lowest BCUT2D eigenvalue weighted by molar-refractivity contribution is 0.198. The second kappa shape index (κ2) is 11.4. The van der Waals surface area contributed by atoms with Gasteiger partial charge in [0.25, 0.3) is 0 Å². The van der Waals surface area contributed by atoms with Gasteiger partial charge in [-0.25, -0.2) is 13.9 Å². The summed E-state index contributed by atoms with van der Waals surface area (Å²) in [6, 6.07) is 12.3. The largest absolute Gasteiger partial charge is 0.335 e. The smallest absolute Gasteiger partial charge is 0.319 e. The number of halogens is 1. The number of carbonyl (C=O) groups is 1. The number of aromatic nitrogens is 4. The molecule has 1 aliphatic heterocycles. The van der Waals surface area contributed by atoms with Crippen LogP contribution in [0.25, 0.3) is 11.4 Å². The van der Waals surface area contributed by atoms with Gasteiger partial charge in [-0.2, -0.15) is 0 Å². The van der Waals surface area contributed by atoms with E-state index in [9.17, 15) is 9.18 Å². The Balaban J connectivity index is 1.49. The van der Waals surface area contributed by atoms with E-state index in [0.717, 1.165) is 55.5 Å². The molecule has 1 saturated heterocycles. The zero-order valence-electron chi connectivity index (χ0n) is 20.6. The number of nitrogens with zero attached hydrogens (tertiary/aromatic N) is 4. The molecule has 4 rings (SSSR count). The highest BCUT2D eigenvalue weighted by Crippen LogP contribution is 2.26. The Morgan fingerprint density at radius 1 is 1.23 bits per heavy atom. The van der Waals surface area contributed by atoms with E-state index in [1.807, 2.05) is 30.3 Å². The van der Waals surface area contributed by atoms with E-state index in [0.29, 0.717) is 23.3 Å². The van der Waals surface area contributed by atoms with Gasteiger partial charge in [-0.3, -0.25) is 0 Å². The molecule has 0 aliphatic carbocycles. The lowest BCUT2D eigenvalue weighted by Crippen LogP contribution is -2.50. The predicted molar refractivity (Wildman–Crippen MR) is 134 cm³/mol. The highest BCUT2D eigenvalue weighted by atomic mass is 19.1. The van der Waals surface area contributed by atoms with Gasteiger partial charge in [0, 0.05) is 30.9 Å². The highest BCUT2D eigenvalue weighted by molar-refractivity contribution is 5.90. The van der Waals surface area contributed by atoms with Crippen LogP contribution in [-0.4, -0.2) is 45.4 Å². The topological polar surface area (TPSA) is 96.8 Å². The number of benzene rings is 2. The summed E-state index contributed by atoms with van der Waals surface area (Å²) in [6.45, 7) is 6.19. The molecule has 9 heteroatoms. The first-order valence-corrected chi connectivity index (χ1v) is 12.3. The minimum Gasteiger partial charge on any atom is -0.335 e. The van der Waals surface area contributed by atoms with Gasteiger partial charge in [0.05, 0.1) is 0 Å². The molecule has 2 amide bonds. The first kappa shape index (κ1) is 24.8. The number of nitrogens with one attached hydrogen (secondary N) is 3. The summed E-state index contributed by atoms with van der Waals surface area (Å²) in [5, 5.41) is 21.5. The van der Waals surface area contributed by atoms with Crippen LogP contribution in [0.5, 0.6) is 0 Å². The number of hydrogen-bond acceptors (Lipinski definition) is 5. The van der Waals surface area contributed by atoms with Crippen molar-refractivity contribution in [3.8, 4) is 11.4 Å². The predicted octanol–water partition coefficient (Wildman–Crippen LogP) is 3.95. The van der Waals surface area contributed by atoms with Gasteiger partial charge in [0.15, 0.2) is 5.82 Å². The highest BCUT2D eigenvalue weighted by Gasteiger charge is 2.30. The molecular weight excluding hydrogens is 445 g/mol. The Bertz CT molecular complexity index is 1130. The van der Waals surface area contributed by atoms with Gasteiger partial charge < -0.3 is 16.0 Å². The number of rotatable bonds is 8. The van der Waals surface area contributed by atoms with Gasteiger partial charge in [0.1, 0.15) is 5.82 Å². The third kappa shape index (κ3) is 6.42. The maximum absolute atomic E-state index is 13.3. The van der Waals surface area contributed by atoms with Crippen molar-refractivity contribution in [3.05, 3.63) is 59.4 Å². The fourth-order valence-corrected chi connectivity index (χ4v) is 4.83. The monoisotopic (exact) mass is 479 g/mol. The van der Waals surface area contributed by atoms with Crippen LogP contribution in [0.2, 0.25) is 0 Å². The summed E-state index contributed by atoms with van der Waals surface area (Å²) < 4.78 is 14.9. The first-order chi connectivity index (χ1) is 16.9. The molecule has 1 aromatic heterocycles. The van der Waals surface area contributed by atoms with Crippen LogP contribution < -0.4 is 16.0 Å². The average Bonchev–Trinajstić information content (AvgIpc) is 3.28. The maximum atomic E-state index is 13.3. The number of carbonyl (C=O) groups excluding carboxylic acids is 1. The van der Waals surface area contributed by atoms with Crippen LogP contribution in [0.4, 0.5) is 14.9 Å². The molecule has 1 aliphatic rings. The molecule has 3 unspecified atom stereocenters. The van der Waals surface area contributed by atoms with Gasteiger partial charge in [-0.15, -0.1) is 5.10 Å². The van der Waals surface area contributed by atoms with Crippen molar-refractivity contribution in [1.29, 1.82) is 0 Å². The molecule has 8 nitrogen and oxygen atoms in total. The van der Waals surface area contributed by atoms with Crippen molar-refractivity contribution in [2.75, 3.05) is 18.4 Å². The van der Waals surface area contributed by atoms with Crippen LogP contribution in [0.3, 0.4) is 0 Å². The molecule has 0 spiro atoms. The van der Waals surface area contributed by atoms with Gasteiger partial charge in [0.2, 0.25) is 0 Å². The Morgan fingerprint density at radius 2 is 2.03 bits per heavy atom. The zero-order chi connectivity index (χ0) is 24.8. The molecule has 186 valence electrons. The van der Waals surface area contributed by atoms with Crippen molar-refractivity contribution >= 4 is 11.7 Å². The summed E-state index contributed by atoms with van der Waals surface area (Å²) in [4.78, 5) is 13.2. The fourth-order valence-electron chi connectivity index (χ4n) is 4.83. The maximum Gasteiger partial charge on any atom is 0.319 e. The first-order valence-electron chi connectivity index (χ1n) is 12.3. The molecule has 1 fully saturated rings. The number of amides is 2. The normalized spacial score (nSPS) is 18.7. The minimum absolute atomic E-state index is 0.0142. The molecule has 3 aromatic rings. The Hall–Kier alpha value is -3.33. The van der Waals surface area contributed by atoms with Crippen molar-refractivity contribution in [2.24, 2.45) is 18.9 Å². The zero-order valence-corrected chi connectivity index (χ0v) is 20.6. The fraction of sp³-hybridized carbons (Fsp3) is 0.462. The Kier molecular flexibility index (Phi) is 8.07. The number of aryl methyl sites for hydroxylation is 3. The lowest BCUT2D eigenvalue weighted by Gasteiger charge is -2.36. The van der Waals surface area contributed by atoms with Gasteiger partial charge in [-0.05, 0) is 95.9 Å². The van der Waals surface area contributed by atoms with Crippen molar-refractivity contribution < 1.29 is 9.18 Å². The number of urea groups is 1. The second-order valence-electron chi connectivity index (χ2n) is 9.40. The molecule has 0 radical (unpaired) electrons. The van der Waals surface area contributed by atoms with E-state index in [4.69, 9.17) is 0 Å². The van der Waals surface area contributed by atoms with E-state index in [1.54, 1.807) is 11.7 Å². The summed E-state index contributed by atoms with van der Waals surface area (Å²) in [7, 11) is 1.79. The molecule has 35 heavy (non-hydrogen) atoms. The molecule has 2 aromatic carbocycles.